The summed E-state index contributed by atoms with van der Waals surface area (Å²) in [5.74, 6) is 1.97. The van der Waals surface area contributed by atoms with Crippen molar-refractivity contribution in [3.05, 3.63) is 41.5 Å². The Balaban J connectivity index is 2.27. The van der Waals surface area contributed by atoms with Crippen molar-refractivity contribution in [2.45, 2.75) is 39.7 Å². The first-order chi connectivity index (χ1) is 11.0. The molecule has 2 aromatic rings. The number of ether oxygens (including phenoxy) is 1. The van der Waals surface area contributed by atoms with Gasteiger partial charge in [0.25, 0.3) is 0 Å². The van der Waals surface area contributed by atoms with E-state index in [0.29, 0.717) is 29.8 Å². The number of para-hydroxylation sites is 1. The molecule has 1 N–H and O–H groups in total. The quantitative estimate of drug-likeness (QED) is 0.849. The van der Waals surface area contributed by atoms with Gasteiger partial charge in [-0.1, -0.05) is 37.2 Å². The van der Waals surface area contributed by atoms with Crippen molar-refractivity contribution in [1.82, 2.24) is 15.5 Å². The number of nitrogens with zero attached hydrogens (tertiary/aromatic N) is 2. The second-order valence-electron chi connectivity index (χ2n) is 5.85. The van der Waals surface area contributed by atoms with Gasteiger partial charge in [0, 0.05) is 18.9 Å². The Morgan fingerprint density at radius 2 is 2.09 bits per heavy atom. The summed E-state index contributed by atoms with van der Waals surface area (Å²) >= 11 is 0. The molecule has 0 aliphatic rings. The van der Waals surface area contributed by atoms with Crippen LogP contribution < -0.4 is 10.1 Å². The SMILES string of the molecule is COc1ccccc1[C@H](NC(=O)CCC(C)C)c1noc(C)n1. The minimum Gasteiger partial charge on any atom is -0.496 e. The molecule has 0 fully saturated rings. The van der Waals surface area contributed by atoms with E-state index in [4.69, 9.17) is 9.26 Å². The molecule has 1 heterocycles. The fraction of sp³-hybridized carbons (Fsp3) is 0.471. The van der Waals surface area contributed by atoms with Crippen molar-refractivity contribution >= 4 is 5.91 Å². The van der Waals surface area contributed by atoms with Gasteiger partial charge in [-0.3, -0.25) is 4.79 Å². The van der Waals surface area contributed by atoms with Crippen molar-refractivity contribution in [1.29, 1.82) is 0 Å². The predicted octanol–water partition coefficient (Wildman–Crippen LogP) is 3.03. The normalized spacial score (nSPS) is 12.2. The van der Waals surface area contributed by atoms with Gasteiger partial charge in [-0.25, -0.2) is 0 Å². The van der Waals surface area contributed by atoms with Crippen LogP contribution in [0.5, 0.6) is 5.75 Å². The molecule has 6 nitrogen and oxygen atoms in total. The molecule has 0 saturated carbocycles. The van der Waals surface area contributed by atoms with Crippen LogP contribution in [0.3, 0.4) is 0 Å². The van der Waals surface area contributed by atoms with Gasteiger partial charge in [-0.2, -0.15) is 4.98 Å². The lowest BCUT2D eigenvalue weighted by Gasteiger charge is -2.18. The number of aryl methyl sites for hydroxylation is 1. The topological polar surface area (TPSA) is 77.2 Å². The Labute approximate surface area is 136 Å². The molecule has 0 radical (unpaired) electrons. The molecular weight excluding hydrogens is 294 g/mol. The van der Waals surface area contributed by atoms with Crippen LogP contribution >= 0.6 is 0 Å². The number of hydrogen-bond donors (Lipinski definition) is 1. The third-order valence-electron chi connectivity index (χ3n) is 3.51. The molecule has 1 amide bonds. The number of rotatable bonds is 7. The van der Waals surface area contributed by atoms with Crippen LogP contribution in [0.25, 0.3) is 0 Å². The van der Waals surface area contributed by atoms with Crippen LogP contribution in [0.2, 0.25) is 0 Å². The maximum atomic E-state index is 12.3. The predicted molar refractivity (Wildman–Crippen MR) is 86.1 cm³/mol. The molecule has 0 bridgehead atoms. The van der Waals surface area contributed by atoms with Gasteiger partial charge in [0.15, 0.2) is 5.82 Å². The zero-order valence-electron chi connectivity index (χ0n) is 14.0. The third kappa shape index (κ3) is 4.55. The lowest BCUT2D eigenvalue weighted by Crippen LogP contribution is -2.30. The largest absolute Gasteiger partial charge is 0.496 e. The Morgan fingerprint density at radius 3 is 2.70 bits per heavy atom. The summed E-state index contributed by atoms with van der Waals surface area (Å²) in [7, 11) is 1.60. The smallest absolute Gasteiger partial charge is 0.223 e. The standard InChI is InChI=1S/C17H23N3O3/c1-11(2)9-10-15(21)19-16(17-18-12(3)23-20-17)13-7-5-6-8-14(13)22-4/h5-8,11,16H,9-10H2,1-4H3,(H,19,21)/t16-/m0/s1. The second-order valence-corrected chi connectivity index (χ2v) is 5.85. The van der Waals surface area contributed by atoms with Crippen LogP contribution in [-0.4, -0.2) is 23.2 Å². The fourth-order valence-corrected chi connectivity index (χ4v) is 2.27. The van der Waals surface area contributed by atoms with E-state index in [0.717, 1.165) is 12.0 Å². The van der Waals surface area contributed by atoms with Crippen LogP contribution in [0, 0.1) is 12.8 Å². The van der Waals surface area contributed by atoms with E-state index in [-0.39, 0.29) is 5.91 Å². The summed E-state index contributed by atoms with van der Waals surface area (Å²) in [6.45, 7) is 5.90. The maximum Gasteiger partial charge on any atom is 0.223 e. The van der Waals surface area contributed by atoms with Gasteiger partial charge in [0.05, 0.1) is 7.11 Å². The van der Waals surface area contributed by atoms with Crippen molar-refractivity contribution in [2.24, 2.45) is 5.92 Å². The van der Waals surface area contributed by atoms with Crippen LogP contribution in [0.4, 0.5) is 0 Å². The lowest BCUT2D eigenvalue weighted by molar-refractivity contribution is -0.121. The minimum atomic E-state index is -0.497. The Morgan fingerprint density at radius 1 is 1.35 bits per heavy atom. The zero-order valence-corrected chi connectivity index (χ0v) is 14.0. The summed E-state index contributed by atoms with van der Waals surface area (Å²) in [5.41, 5.74) is 0.800. The van der Waals surface area contributed by atoms with E-state index in [2.05, 4.69) is 29.3 Å². The monoisotopic (exact) mass is 317 g/mol. The lowest BCUT2D eigenvalue weighted by atomic mass is 10.0. The average Bonchev–Trinajstić information content (AvgIpc) is 2.97. The summed E-state index contributed by atoms with van der Waals surface area (Å²) in [5, 5.41) is 6.95. The van der Waals surface area contributed by atoms with Crippen molar-refractivity contribution in [2.75, 3.05) is 7.11 Å². The van der Waals surface area contributed by atoms with E-state index >= 15 is 0 Å². The van der Waals surface area contributed by atoms with E-state index in [9.17, 15) is 4.79 Å². The summed E-state index contributed by atoms with van der Waals surface area (Å²) < 4.78 is 10.5. The van der Waals surface area contributed by atoms with Gasteiger partial charge in [-0.05, 0) is 18.4 Å². The van der Waals surface area contributed by atoms with Gasteiger partial charge in [0.2, 0.25) is 11.8 Å². The minimum absolute atomic E-state index is 0.0444. The fourth-order valence-electron chi connectivity index (χ4n) is 2.27. The first kappa shape index (κ1) is 17.0. The molecule has 0 unspecified atom stereocenters. The molecule has 2 rings (SSSR count). The molecule has 0 aliphatic heterocycles. The Hall–Kier alpha value is -2.37. The molecule has 1 atom stereocenters. The number of amides is 1. The van der Waals surface area contributed by atoms with E-state index in [1.54, 1.807) is 14.0 Å². The number of nitrogens with one attached hydrogen (secondary N) is 1. The highest BCUT2D eigenvalue weighted by Gasteiger charge is 2.24. The summed E-state index contributed by atoms with van der Waals surface area (Å²) in [4.78, 5) is 16.5. The van der Waals surface area contributed by atoms with Crippen LogP contribution in [0.15, 0.2) is 28.8 Å². The highest BCUT2D eigenvalue weighted by molar-refractivity contribution is 5.77. The van der Waals surface area contributed by atoms with Crippen molar-refractivity contribution < 1.29 is 14.1 Å². The van der Waals surface area contributed by atoms with E-state index in [1.807, 2.05) is 24.3 Å². The summed E-state index contributed by atoms with van der Waals surface area (Å²) in [6.07, 6.45) is 1.29. The van der Waals surface area contributed by atoms with Gasteiger partial charge in [-0.15, -0.1) is 0 Å². The Kier molecular flexibility index (Phi) is 5.73. The molecule has 1 aromatic carbocycles. The highest BCUT2D eigenvalue weighted by Crippen LogP contribution is 2.28. The van der Waals surface area contributed by atoms with Crippen molar-refractivity contribution in [3.63, 3.8) is 0 Å². The first-order valence-electron chi connectivity index (χ1n) is 7.73. The second kappa shape index (κ2) is 7.76. The van der Waals surface area contributed by atoms with Gasteiger partial charge >= 0.3 is 0 Å². The first-order valence-corrected chi connectivity index (χ1v) is 7.73. The Bertz CT molecular complexity index is 652. The van der Waals surface area contributed by atoms with E-state index in [1.165, 1.54) is 0 Å². The molecule has 1 aromatic heterocycles. The highest BCUT2D eigenvalue weighted by atomic mass is 16.5. The third-order valence-corrected chi connectivity index (χ3v) is 3.51. The molecule has 0 spiro atoms. The van der Waals surface area contributed by atoms with Gasteiger partial charge < -0.3 is 14.6 Å². The number of carbonyl (C=O) groups excluding carboxylic acids is 1. The van der Waals surface area contributed by atoms with Crippen molar-refractivity contribution in [3.8, 4) is 5.75 Å². The molecular formula is C17H23N3O3. The van der Waals surface area contributed by atoms with E-state index < -0.39 is 6.04 Å². The molecule has 124 valence electrons. The van der Waals surface area contributed by atoms with Crippen LogP contribution in [0.1, 0.15) is 50.0 Å². The number of hydrogen-bond acceptors (Lipinski definition) is 5. The number of benzene rings is 1. The molecule has 0 aliphatic carbocycles. The zero-order chi connectivity index (χ0) is 16.8. The van der Waals surface area contributed by atoms with Gasteiger partial charge in [0.1, 0.15) is 11.8 Å². The molecule has 0 saturated heterocycles. The average molecular weight is 317 g/mol. The maximum absolute atomic E-state index is 12.3. The van der Waals surface area contributed by atoms with Crippen LogP contribution in [-0.2, 0) is 4.79 Å². The summed E-state index contributed by atoms with van der Waals surface area (Å²) in [6, 6.07) is 7.00. The number of methoxy groups -OCH3 is 1. The number of carbonyl (C=O) groups is 1. The molecule has 23 heavy (non-hydrogen) atoms. The number of aromatic nitrogens is 2. The molecule has 6 heteroatoms.